The molecule has 2 fully saturated rings. The molecular weight excluding hydrogens is 557 g/mol. The molecule has 1 N–H and O–H groups in total. The molecule has 0 aliphatic carbocycles. The average Bonchev–Trinajstić information content (AvgIpc) is 3.50. The highest BCUT2D eigenvalue weighted by Gasteiger charge is 2.40. The van der Waals surface area contributed by atoms with Gasteiger partial charge in [0.2, 0.25) is 5.88 Å². The van der Waals surface area contributed by atoms with E-state index < -0.39 is 11.8 Å². The molecule has 2 aliphatic heterocycles. The molecule has 0 amide bonds. The third-order valence-corrected chi connectivity index (χ3v) is 9.82. The third-order valence-electron chi connectivity index (χ3n) is 8.69. The van der Waals surface area contributed by atoms with Crippen molar-refractivity contribution in [2.75, 3.05) is 19.7 Å². The minimum atomic E-state index is -0.931. The lowest BCUT2D eigenvalue weighted by Crippen LogP contribution is -2.47. The van der Waals surface area contributed by atoms with Crippen LogP contribution in [0.25, 0.3) is 10.3 Å². The summed E-state index contributed by atoms with van der Waals surface area (Å²) in [5.41, 5.74) is 2.13. The van der Waals surface area contributed by atoms with Gasteiger partial charge in [0.05, 0.1) is 36.5 Å². The van der Waals surface area contributed by atoms with Gasteiger partial charge in [0.15, 0.2) is 0 Å². The molecule has 0 radical (unpaired) electrons. The Hall–Kier alpha value is -3.85. The van der Waals surface area contributed by atoms with Gasteiger partial charge in [0.25, 0.3) is 0 Å². The molecule has 0 spiro atoms. The minimum Gasteiger partial charge on any atom is -0.477 e. The minimum absolute atomic E-state index is 0.0258. The van der Waals surface area contributed by atoms with Crippen LogP contribution < -0.4 is 4.74 Å². The number of imidazole rings is 1. The molecule has 1 aromatic carbocycles. The molecule has 0 bridgehead atoms. The standard InChI is InChI=1S/C31H32FN5O4S/c1-19-15-36(17-27-34-24-13-25(30(38)39)42-29(24)37(27)16-22-8-11-40-22)10-9-31(19,2)26-4-3-5-28(35-26)41-18-21-7-6-20(14-33)12-23(21)32/h3-7,12-13,19,22H,8-11,15-18H2,1-2H3,(H,38,39)/t19-,22-,31-/m0/s1. The largest absolute Gasteiger partial charge is 0.477 e. The highest BCUT2D eigenvalue weighted by Crippen LogP contribution is 2.40. The first kappa shape index (κ1) is 28.3. The number of nitriles is 1. The number of thiophene rings is 1. The summed E-state index contributed by atoms with van der Waals surface area (Å²) >= 11 is 1.27. The fourth-order valence-electron chi connectivity index (χ4n) is 5.75. The number of likely N-dealkylation sites (tertiary alicyclic amines) is 1. The highest BCUT2D eigenvalue weighted by molar-refractivity contribution is 7.20. The van der Waals surface area contributed by atoms with Crippen LogP contribution in [-0.4, -0.2) is 56.3 Å². The number of fused-ring (bicyclic) bond motifs is 1. The molecule has 0 unspecified atom stereocenters. The zero-order valence-electron chi connectivity index (χ0n) is 23.5. The number of hydrogen-bond acceptors (Lipinski definition) is 8. The van der Waals surface area contributed by atoms with Crippen molar-refractivity contribution in [3.63, 3.8) is 0 Å². The summed E-state index contributed by atoms with van der Waals surface area (Å²) in [6, 6.07) is 13.7. The SMILES string of the molecule is C[C@H]1CN(Cc2nc3cc(C(=O)O)sc3n2C[C@@H]2CCO2)CC[C@]1(C)c1cccc(OCc2ccc(C#N)cc2F)n1. The topological polar surface area (TPSA) is 114 Å². The predicted octanol–water partition coefficient (Wildman–Crippen LogP) is 5.37. The van der Waals surface area contributed by atoms with Crippen molar-refractivity contribution in [3.8, 4) is 11.9 Å². The number of piperidine rings is 1. The molecule has 0 saturated carbocycles. The van der Waals surface area contributed by atoms with Crippen molar-refractivity contribution in [3.05, 3.63) is 75.8 Å². The quantitative estimate of drug-likeness (QED) is 0.277. The van der Waals surface area contributed by atoms with E-state index in [0.29, 0.717) is 29.4 Å². The molecule has 9 nitrogen and oxygen atoms in total. The van der Waals surface area contributed by atoms with Crippen LogP contribution in [0, 0.1) is 23.1 Å². The van der Waals surface area contributed by atoms with Crippen molar-refractivity contribution in [2.24, 2.45) is 5.92 Å². The fourth-order valence-corrected chi connectivity index (χ4v) is 6.71. The lowest BCUT2D eigenvalue weighted by molar-refractivity contribution is -0.0592. The van der Waals surface area contributed by atoms with E-state index in [4.69, 9.17) is 24.7 Å². The van der Waals surface area contributed by atoms with Gasteiger partial charge in [-0.15, -0.1) is 11.3 Å². The maximum absolute atomic E-state index is 14.3. The Morgan fingerprint density at radius 3 is 2.83 bits per heavy atom. The number of hydrogen-bond donors (Lipinski definition) is 1. The van der Waals surface area contributed by atoms with Crippen LogP contribution in [0.1, 0.15) is 59.0 Å². The number of carboxylic acid groups (broad SMARTS) is 1. The second-order valence-corrected chi connectivity index (χ2v) is 12.4. The number of carbonyl (C=O) groups is 1. The van der Waals surface area contributed by atoms with Crippen LogP contribution in [-0.2, 0) is 29.8 Å². The first-order chi connectivity index (χ1) is 20.2. The van der Waals surface area contributed by atoms with Crippen LogP contribution in [0.15, 0.2) is 42.5 Å². The van der Waals surface area contributed by atoms with Crippen molar-refractivity contribution < 1.29 is 23.8 Å². The normalized spacial score (nSPS) is 22.5. The number of pyridine rings is 1. The van der Waals surface area contributed by atoms with Crippen LogP contribution in [0.3, 0.4) is 0 Å². The predicted molar refractivity (Wildman–Crippen MR) is 155 cm³/mol. The summed E-state index contributed by atoms with van der Waals surface area (Å²) in [5, 5.41) is 18.4. The molecule has 3 atom stereocenters. The number of aromatic carboxylic acids is 1. The van der Waals surface area contributed by atoms with Crippen LogP contribution in [0.4, 0.5) is 4.39 Å². The molecule has 218 valence electrons. The second-order valence-electron chi connectivity index (χ2n) is 11.4. The molecule has 2 aliphatic rings. The van der Waals surface area contributed by atoms with Gasteiger partial charge in [-0.25, -0.2) is 19.2 Å². The lowest BCUT2D eigenvalue weighted by atomic mass is 9.70. The van der Waals surface area contributed by atoms with Crippen molar-refractivity contribution in [2.45, 2.75) is 57.9 Å². The molecular formula is C31H32FN5O4S. The molecule has 5 heterocycles. The maximum atomic E-state index is 14.3. The summed E-state index contributed by atoms with van der Waals surface area (Å²) in [4.78, 5) is 24.8. The van der Waals surface area contributed by atoms with Crippen LogP contribution >= 0.6 is 11.3 Å². The summed E-state index contributed by atoms with van der Waals surface area (Å²) < 4.78 is 28.0. The summed E-state index contributed by atoms with van der Waals surface area (Å²) in [5.74, 6) is 0.250. The number of rotatable bonds is 9. The molecule has 2 saturated heterocycles. The van der Waals surface area contributed by atoms with E-state index in [1.165, 1.54) is 17.4 Å². The van der Waals surface area contributed by atoms with E-state index in [-0.39, 0.29) is 29.6 Å². The average molecular weight is 590 g/mol. The molecule has 6 rings (SSSR count). The monoisotopic (exact) mass is 589 g/mol. The number of ether oxygens (including phenoxy) is 2. The van der Waals surface area contributed by atoms with Gasteiger partial charge in [-0.3, -0.25) is 4.90 Å². The molecule has 11 heteroatoms. The lowest BCUT2D eigenvalue weighted by Gasteiger charge is -2.44. The fraction of sp³-hybridized carbons (Fsp3) is 0.419. The Balaban J connectivity index is 1.14. The van der Waals surface area contributed by atoms with E-state index in [9.17, 15) is 14.3 Å². The highest BCUT2D eigenvalue weighted by atomic mass is 32.1. The third kappa shape index (κ3) is 5.50. The van der Waals surface area contributed by atoms with E-state index in [0.717, 1.165) is 54.4 Å². The van der Waals surface area contributed by atoms with Gasteiger partial charge in [-0.05, 0) is 49.6 Å². The van der Waals surface area contributed by atoms with E-state index in [1.807, 2.05) is 18.2 Å². The number of nitrogens with zero attached hydrogens (tertiary/aromatic N) is 5. The summed E-state index contributed by atoms with van der Waals surface area (Å²) in [6.07, 6.45) is 2.01. The van der Waals surface area contributed by atoms with E-state index in [1.54, 1.807) is 24.3 Å². The Morgan fingerprint density at radius 1 is 1.31 bits per heavy atom. The first-order valence-electron chi connectivity index (χ1n) is 14.1. The number of halogens is 1. The first-order valence-corrected chi connectivity index (χ1v) is 14.9. The Morgan fingerprint density at radius 2 is 2.14 bits per heavy atom. The van der Waals surface area contributed by atoms with Gasteiger partial charge in [0, 0.05) is 30.2 Å². The van der Waals surface area contributed by atoms with E-state index in [2.05, 4.69) is 23.3 Å². The summed E-state index contributed by atoms with van der Waals surface area (Å²) in [6.45, 7) is 8.31. The van der Waals surface area contributed by atoms with Crippen molar-refractivity contribution in [1.82, 2.24) is 19.4 Å². The van der Waals surface area contributed by atoms with Gasteiger partial charge < -0.3 is 19.1 Å². The second kappa shape index (κ2) is 11.4. The summed E-state index contributed by atoms with van der Waals surface area (Å²) in [7, 11) is 0. The van der Waals surface area contributed by atoms with Gasteiger partial charge in [-0.1, -0.05) is 26.0 Å². The maximum Gasteiger partial charge on any atom is 0.346 e. The zero-order chi connectivity index (χ0) is 29.4. The molecule has 4 aromatic rings. The zero-order valence-corrected chi connectivity index (χ0v) is 24.4. The number of aromatic nitrogens is 3. The van der Waals surface area contributed by atoms with Crippen LogP contribution in [0.5, 0.6) is 5.88 Å². The van der Waals surface area contributed by atoms with E-state index >= 15 is 0 Å². The van der Waals surface area contributed by atoms with Gasteiger partial charge in [-0.2, -0.15) is 5.26 Å². The smallest absolute Gasteiger partial charge is 0.346 e. The van der Waals surface area contributed by atoms with Crippen molar-refractivity contribution >= 4 is 27.7 Å². The number of benzene rings is 1. The molecule has 3 aromatic heterocycles. The number of carboxylic acids is 1. The van der Waals surface area contributed by atoms with Crippen molar-refractivity contribution in [1.29, 1.82) is 5.26 Å². The Bertz CT molecular complexity index is 1680. The Labute approximate surface area is 247 Å². The van der Waals surface area contributed by atoms with Crippen LogP contribution in [0.2, 0.25) is 0 Å². The Kier molecular flexibility index (Phi) is 7.70. The van der Waals surface area contributed by atoms with Gasteiger partial charge >= 0.3 is 5.97 Å². The molecule has 42 heavy (non-hydrogen) atoms. The van der Waals surface area contributed by atoms with Gasteiger partial charge in [0.1, 0.15) is 33.5 Å².